The van der Waals surface area contributed by atoms with Gasteiger partial charge in [0.15, 0.2) is 0 Å². The molecule has 0 atom stereocenters. The maximum Gasteiger partial charge on any atom is 0.494 e. The van der Waals surface area contributed by atoms with Crippen LogP contribution in [0.5, 0.6) is 0 Å². The van der Waals surface area contributed by atoms with Crippen LogP contribution in [0.2, 0.25) is 0 Å². The van der Waals surface area contributed by atoms with Gasteiger partial charge in [-0.15, -0.1) is 0 Å². The normalized spacial score (nSPS) is 21.0. The number of aromatic nitrogens is 1. The number of carboxylic acid groups (broad SMARTS) is 1. The van der Waals surface area contributed by atoms with Crippen molar-refractivity contribution in [3.05, 3.63) is 24.0 Å². The zero-order chi connectivity index (χ0) is 13.6. The average molecular weight is 249 g/mol. The fraction of sp³-hybridized carbons (Fsp3) is 0.500. The van der Waals surface area contributed by atoms with Crippen LogP contribution in [0.3, 0.4) is 0 Å². The van der Waals surface area contributed by atoms with Crippen LogP contribution in [0, 0.1) is 0 Å². The first-order valence-corrected chi connectivity index (χ1v) is 5.78. The molecular formula is C12H16BNO4. The molecule has 0 radical (unpaired) electrons. The van der Waals surface area contributed by atoms with Crippen molar-refractivity contribution in [2.75, 3.05) is 0 Å². The van der Waals surface area contributed by atoms with Gasteiger partial charge in [0.2, 0.25) is 0 Å². The van der Waals surface area contributed by atoms with Crippen molar-refractivity contribution in [2.24, 2.45) is 0 Å². The monoisotopic (exact) mass is 249 g/mol. The molecule has 0 spiro atoms. The molecule has 1 aliphatic heterocycles. The quantitative estimate of drug-likeness (QED) is 0.794. The molecule has 1 aromatic rings. The Kier molecular flexibility index (Phi) is 2.95. The van der Waals surface area contributed by atoms with Crippen LogP contribution >= 0.6 is 0 Å². The molecule has 0 saturated carbocycles. The molecule has 0 bridgehead atoms. The second kappa shape index (κ2) is 4.07. The van der Waals surface area contributed by atoms with Gasteiger partial charge in [0.25, 0.3) is 0 Å². The predicted octanol–water partition coefficient (Wildman–Crippen LogP) is 1.08. The Morgan fingerprint density at radius 1 is 1.28 bits per heavy atom. The van der Waals surface area contributed by atoms with E-state index in [9.17, 15) is 4.79 Å². The van der Waals surface area contributed by atoms with E-state index < -0.39 is 24.3 Å². The zero-order valence-corrected chi connectivity index (χ0v) is 10.9. The lowest BCUT2D eigenvalue weighted by Gasteiger charge is -2.32. The van der Waals surface area contributed by atoms with E-state index in [1.54, 1.807) is 6.07 Å². The summed E-state index contributed by atoms with van der Waals surface area (Å²) in [5.41, 5.74) is -0.225. The Labute approximate surface area is 106 Å². The number of rotatable bonds is 2. The van der Waals surface area contributed by atoms with Gasteiger partial charge in [0.1, 0.15) is 5.69 Å². The molecule has 2 rings (SSSR count). The molecule has 2 heterocycles. The first-order chi connectivity index (χ1) is 8.23. The maximum absolute atomic E-state index is 10.9. The van der Waals surface area contributed by atoms with Crippen LogP contribution < -0.4 is 5.46 Å². The van der Waals surface area contributed by atoms with Gasteiger partial charge in [-0.2, -0.15) is 0 Å². The van der Waals surface area contributed by atoms with Crippen molar-refractivity contribution >= 4 is 18.6 Å². The standard InChI is InChI=1S/C12H16BNO4/c1-11(2)12(3,4)18-13(17-11)8-5-6-14-9(7-8)10(15)16/h5-7H,1-4H3,(H,15,16). The SMILES string of the molecule is CC1(C)OB(c2ccnc(C(=O)O)c2)OC1(C)C. The fourth-order valence-corrected chi connectivity index (χ4v) is 1.69. The van der Waals surface area contributed by atoms with Gasteiger partial charge in [0, 0.05) is 6.20 Å². The highest BCUT2D eigenvalue weighted by Crippen LogP contribution is 2.36. The lowest BCUT2D eigenvalue weighted by molar-refractivity contribution is 0.00578. The Hall–Kier alpha value is -1.40. The Balaban J connectivity index is 2.30. The minimum Gasteiger partial charge on any atom is -0.477 e. The molecule has 0 amide bonds. The van der Waals surface area contributed by atoms with Gasteiger partial charge >= 0.3 is 13.1 Å². The molecule has 1 aromatic heterocycles. The number of carboxylic acids is 1. The maximum atomic E-state index is 10.9. The van der Waals surface area contributed by atoms with Crippen LogP contribution in [0.25, 0.3) is 0 Å². The number of aromatic carboxylic acids is 1. The summed E-state index contributed by atoms with van der Waals surface area (Å²) < 4.78 is 11.7. The van der Waals surface area contributed by atoms with Crippen LogP contribution in [0.1, 0.15) is 38.2 Å². The third-order valence-electron chi connectivity index (χ3n) is 3.53. The summed E-state index contributed by atoms with van der Waals surface area (Å²) in [6, 6.07) is 3.18. The van der Waals surface area contributed by atoms with Crippen molar-refractivity contribution in [1.82, 2.24) is 4.98 Å². The van der Waals surface area contributed by atoms with Gasteiger partial charge in [-0.05, 0) is 45.3 Å². The molecule has 0 aromatic carbocycles. The number of hydrogen-bond acceptors (Lipinski definition) is 4. The van der Waals surface area contributed by atoms with Crippen molar-refractivity contribution in [3.8, 4) is 0 Å². The molecule has 6 heteroatoms. The molecule has 1 N–H and O–H groups in total. The van der Waals surface area contributed by atoms with Crippen molar-refractivity contribution < 1.29 is 19.2 Å². The van der Waals surface area contributed by atoms with E-state index in [-0.39, 0.29) is 5.69 Å². The lowest BCUT2D eigenvalue weighted by Crippen LogP contribution is -2.41. The molecule has 1 aliphatic rings. The minimum atomic E-state index is -1.06. The molecule has 0 aliphatic carbocycles. The molecule has 18 heavy (non-hydrogen) atoms. The van der Waals surface area contributed by atoms with Crippen molar-refractivity contribution in [3.63, 3.8) is 0 Å². The summed E-state index contributed by atoms with van der Waals surface area (Å²) in [6.07, 6.45) is 1.45. The lowest BCUT2D eigenvalue weighted by atomic mass is 9.79. The van der Waals surface area contributed by atoms with Crippen LogP contribution in [-0.4, -0.2) is 34.4 Å². The van der Waals surface area contributed by atoms with Gasteiger partial charge in [0.05, 0.1) is 11.2 Å². The number of pyridine rings is 1. The summed E-state index contributed by atoms with van der Waals surface area (Å²) in [6.45, 7) is 7.80. The second-order valence-electron chi connectivity index (χ2n) is 5.37. The topological polar surface area (TPSA) is 68.7 Å². The van der Waals surface area contributed by atoms with Crippen molar-refractivity contribution in [2.45, 2.75) is 38.9 Å². The summed E-state index contributed by atoms with van der Waals surface area (Å²) in [4.78, 5) is 14.7. The van der Waals surface area contributed by atoms with E-state index in [1.165, 1.54) is 12.3 Å². The summed E-state index contributed by atoms with van der Waals surface area (Å²) >= 11 is 0. The number of carbonyl (C=O) groups is 1. The number of hydrogen-bond donors (Lipinski definition) is 1. The summed E-state index contributed by atoms with van der Waals surface area (Å²) in [5, 5.41) is 8.91. The van der Waals surface area contributed by atoms with Crippen LogP contribution in [-0.2, 0) is 9.31 Å². The minimum absolute atomic E-state index is 0.0118. The van der Waals surface area contributed by atoms with Crippen molar-refractivity contribution in [1.29, 1.82) is 0 Å². The summed E-state index contributed by atoms with van der Waals surface area (Å²) in [7, 11) is -0.559. The van der Waals surface area contributed by atoms with E-state index in [2.05, 4.69) is 4.98 Å². The smallest absolute Gasteiger partial charge is 0.477 e. The van der Waals surface area contributed by atoms with E-state index in [0.29, 0.717) is 5.46 Å². The number of nitrogens with zero attached hydrogens (tertiary/aromatic N) is 1. The van der Waals surface area contributed by atoms with Gasteiger partial charge in [-0.1, -0.05) is 0 Å². The molecule has 1 fully saturated rings. The fourth-order valence-electron chi connectivity index (χ4n) is 1.69. The van der Waals surface area contributed by atoms with E-state index in [1.807, 2.05) is 27.7 Å². The Bertz CT molecular complexity index is 471. The highest BCUT2D eigenvalue weighted by Gasteiger charge is 2.51. The predicted molar refractivity (Wildman–Crippen MR) is 66.9 cm³/mol. The second-order valence-corrected chi connectivity index (χ2v) is 5.37. The van der Waals surface area contributed by atoms with E-state index >= 15 is 0 Å². The van der Waals surface area contributed by atoms with E-state index in [0.717, 1.165) is 0 Å². The largest absolute Gasteiger partial charge is 0.494 e. The van der Waals surface area contributed by atoms with E-state index in [4.69, 9.17) is 14.4 Å². The summed E-state index contributed by atoms with van der Waals surface area (Å²) in [5.74, 6) is -1.06. The molecular weight excluding hydrogens is 233 g/mol. The highest BCUT2D eigenvalue weighted by atomic mass is 16.7. The third-order valence-corrected chi connectivity index (χ3v) is 3.53. The Morgan fingerprint density at radius 2 is 1.83 bits per heavy atom. The van der Waals surface area contributed by atoms with Crippen LogP contribution in [0.4, 0.5) is 0 Å². The molecule has 0 unspecified atom stereocenters. The third kappa shape index (κ3) is 2.13. The van der Waals surface area contributed by atoms with Gasteiger partial charge < -0.3 is 14.4 Å². The zero-order valence-electron chi connectivity index (χ0n) is 10.9. The molecule has 96 valence electrons. The van der Waals surface area contributed by atoms with Crippen LogP contribution in [0.15, 0.2) is 18.3 Å². The molecule has 1 saturated heterocycles. The van der Waals surface area contributed by atoms with Gasteiger partial charge in [-0.3, -0.25) is 0 Å². The first kappa shape index (κ1) is 13.0. The highest BCUT2D eigenvalue weighted by molar-refractivity contribution is 6.62. The first-order valence-electron chi connectivity index (χ1n) is 5.78. The Morgan fingerprint density at radius 3 is 2.33 bits per heavy atom. The van der Waals surface area contributed by atoms with Gasteiger partial charge in [-0.25, -0.2) is 9.78 Å². The average Bonchev–Trinajstić information content (AvgIpc) is 2.48. The molecule has 5 nitrogen and oxygen atoms in total.